The van der Waals surface area contributed by atoms with Crippen LogP contribution in [0.4, 0.5) is 5.13 Å². The monoisotopic (exact) mass is 378 g/mol. The number of aryl methyl sites for hydroxylation is 1. The molecule has 1 amide bonds. The quantitative estimate of drug-likeness (QED) is 0.363. The molecule has 0 spiro atoms. The van der Waals surface area contributed by atoms with Gasteiger partial charge in [-0.25, -0.2) is 4.98 Å². The van der Waals surface area contributed by atoms with Crippen molar-refractivity contribution in [3.63, 3.8) is 0 Å². The van der Waals surface area contributed by atoms with E-state index in [-0.39, 0.29) is 17.1 Å². The van der Waals surface area contributed by atoms with Crippen molar-refractivity contribution in [2.24, 2.45) is 0 Å². The molecule has 27 heavy (non-hydrogen) atoms. The standard InChI is InChI=1S/C19H14N4O3S/c1-11-3-2-6-21-17(11)14-10-27-19(22-14)23-18(26)13(9-20)7-12-4-5-15(24)16(25)8-12/h2-8,10,24-25H,1H3,(H,22,23,26)/b13-7+. The average Bonchev–Trinajstić information content (AvgIpc) is 3.11. The van der Waals surface area contributed by atoms with Gasteiger partial charge in [-0.2, -0.15) is 5.26 Å². The number of carbonyl (C=O) groups excluding carboxylic acids is 1. The summed E-state index contributed by atoms with van der Waals surface area (Å²) >= 11 is 1.23. The molecule has 0 fully saturated rings. The van der Waals surface area contributed by atoms with Gasteiger partial charge in [0.1, 0.15) is 17.3 Å². The molecule has 3 N–H and O–H groups in total. The minimum atomic E-state index is -0.622. The number of hydrogen-bond donors (Lipinski definition) is 3. The Morgan fingerprint density at radius 1 is 1.30 bits per heavy atom. The van der Waals surface area contributed by atoms with E-state index in [0.717, 1.165) is 11.3 Å². The highest BCUT2D eigenvalue weighted by molar-refractivity contribution is 7.14. The normalized spacial score (nSPS) is 11.0. The number of pyridine rings is 1. The van der Waals surface area contributed by atoms with E-state index < -0.39 is 5.91 Å². The maximum Gasteiger partial charge on any atom is 0.268 e. The van der Waals surface area contributed by atoms with Crippen LogP contribution >= 0.6 is 11.3 Å². The lowest BCUT2D eigenvalue weighted by Crippen LogP contribution is -2.13. The fourth-order valence-corrected chi connectivity index (χ4v) is 2.99. The summed E-state index contributed by atoms with van der Waals surface area (Å²) in [7, 11) is 0. The number of nitriles is 1. The smallest absolute Gasteiger partial charge is 0.268 e. The van der Waals surface area contributed by atoms with Crippen molar-refractivity contribution < 1.29 is 15.0 Å². The van der Waals surface area contributed by atoms with Gasteiger partial charge in [0.2, 0.25) is 0 Å². The number of benzene rings is 1. The molecule has 3 rings (SSSR count). The summed E-state index contributed by atoms with van der Waals surface area (Å²) in [5.74, 6) is -1.24. The molecule has 0 radical (unpaired) electrons. The van der Waals surface area contributed by atoms with E-state index in [1.807, 2.05) is 25.1 Å². The second-order valence-electron chi connectivity index (χ2n) is 5.58. The Balaban J connectivity index is 1.80. The molecule has 2 heterocycles. The van der Waals surface area contributed by atoms with Crippen molar-refractivity contribution in [2.75, 3.05) is 5.32 Å². The van der Waals surface area contributed by atoms with E-state index in [1.165, 1.54) is 35.6 Å². The van der Waals surface area contributed by atoms with Gasteiger partial charge in [0.15, 0.2) is 16.6 Å². The van der Waals surface area contributed by atoms with Crippen LogP contribution in [-0.2, 0) is 4.79 Å². The number of carbonyl (C=O) groups is 1. The Hall–Kier alpha value is -3.70. The number of nitrogens with one attached hydrogen (secondary N) is 1. The first kappa shape index (κ1) is 18.1. The summed E-state index contributed by atoms with van der Waals surface area (Å²) in [4.78, 5) is 21.0. The van der Waals surface area contributed by atoms with E-state index in [9.17, 15) is 20.3 Å². The molecule has 0 unspecified atom stereocenters. The first-order valence-electron chi connectivity index (χ1n) is 7.80. The number of nitrogens with zero attached hydrogens (tertiary/aromatic N) is 3. The van der Waals surface area contributed by atoms with E-state index in [4.69, 9.17) is 0 Å². The first-order valence-corrected chi connectivity index (χ1v) is 8.68. The average molecular weight is 378 g/mol. The molecule has 0 saturated heterocycles. The first-order chi connectivity index (χ1) is 13.0. The number of hydrogen-bond acceptors (Lipinski definition) is 7. The van der Waals surface area contributed by atoms with Gasteiger partial charge < -0.3 is 10.2 Å². The summed E-state index contributed by atoms with van der Waals surface area (Å²) in [5, 5.41) is 32.8. The lowest BCUT2D eigenvalue weighted by atomic mass is 10.1. The van der Waals surface area contributed by atoms with Gasteiger partial charge in [0.05, 0.1) is 5.69 Å². The lowest BCUT2D eigenvalue weighted by molar-refractivity contribution is -0.112. The Labute approximate surface area is 158 Å². The van der Waals surface area contributed by atoms with Crippen LogP contribution < -0.4 is 5.32 Å². The summed E-state index contributed by atoms with van der Waals surface area (Å²) < 4.78 is 0. The maximum absolute atomic E-state index is 12.3. The van der Waals surface area contributed by atoms with Gasteiger partial charge >= 0.3 is 0 Å². The van der Waals surface area contributed by atoms with E-state index in [1.54, 1.807) is 11.6 Å². The molecule has 0 saturated carbocycles. The zero-order chi connectivity index (χ0) is 19.4. The number of amides is 1. The Bertz CT molecular complexity index is 1080. The van der Waals surface area contributed by atoms with Crippen LogP contribution in [0.25, 0.3) is 17.5 Å². The molecular formula is C19H14N4O3S. The third-order valence-corrected chi connectivity index (χ3v) is 4.41. The van der Waals surface area contributed by atoms with Crippen LogP contribution in [0.3, 0.4) is 0 Å². The number of aromatic nitrogens is 2. The van der Waals surface area contributed by atoms with Gasteiger partial charge in [-0.1, -0.05) is 12.1 Å². The predicted molar refractivity (Wildman–Crippen MR) is 102 cm³/mol. The summed E-state index contributed by atoms with van der Waals surface area (Å²) in [5.41, 5.74) is 2.57. The van der Waals surface area contributed by atoms with E-state index in [0.29, 0.717) is 16.4 Å². The van der Waals surface area contributed by atoms with Gasteiger partial charge in [0.25, 0.3) is 5.91 Å². The topological polar surface area (TPSA) is 119 Å². The molecule has 7 nitrogen and oxygen atoms in total. The lowest BCUT2D eigenvalue weighted by Gasteiger charge is -2.02. The van der Waals surface area contributed by atoms with Crippen molar-refractivity contribution >= 4 is 28.5 Å². The third-order valence-electron chi connectivity index (χ3n) is 3.65. The molecule has 0 aliphatic carbocycles. The number of rotatable bonds is 4. The Morgan fingerprint density at radius 2 is 2.11 bits per heavy atom. The molecule has 3 aromatic rings. The van der Waals surface area contributed by atoms with E-state index >= 15 is 0 Å². The molecular weight excluding hydrogens is 364 g/mol. The molecule has 8 heteroatoms. The van der Waals surface area contributed by atoms with Crippen LogP contribution in [0.1, 0.15) is 11.1 Å². The van der Waals surface area contributed by atoms with Gasteiger partial charge in [0, 0.05) is 11.6 Å². The van der Waals surface area contributed by atoms with Crippen LogP contribution in [0.2, 0.25) is 0 Å². The van der Waals surface area contributed by atoms with Crippen LogP contribution in [-0.4, -0.2) is 26.1 Å². The Kier molecular flexibility index (Phi) is 5.15. The minimum Gasteiger partial charge on any atom is -0.504 e. The van der Waals surface area contributed by atoms with E-state index in [2.05, 4.69) is 15.3 Å². The molecule has 134 valence electrons. The number of phenolic OH excluding ortho intramolecular Hbond substituents is 2. The van der Waals surface area contributed by atoms with Crippen molar-refractivity contribution in [3.8, 4) is 29.0 Å². The second-order valence-corrected chi connectivity index (χ2v) is 6.44. The number of phenols is 2. The highest BCUT2D eigenvalue weighted by atomic mass is 32.1. The van der Waals surface area contributed by atoms with Crippen molar-refractivity contribution in [2.45, 2.75) is 6.92 Å². The fourth-order valence-electron chi connectivity index (χ4n) is 2.30. The summed E-state index contributed by atoms with van der Waals surface area (Å²) in [6.07, 6.45) is 2.98. The number of thiazole rings is 1. The fraction of sp³-hybridized carbons (Fsp3) is 0.0526. The van der Waals surface area contributed by atoms with Crippen LogP contribution in [0.15, 0.2) is 47.5 Å². The zero-order valence-corrected chi connectivity index (χ0v) is 15.0. The number of anilines is 1. The van der Waals surface area contributed by atoms with Gasteiger partial charge in [-0.3, -0.25) is 15.1 Å². The molecule has 0 atom stereocenters. The highest BCUT2D eigenvalue weighted by Crippen LogP contribution is 2.27. The Morgan fingerprint density at radius 3 is 2.81 bits per heavy atom. The van der Waals surface area contributed by atoms with Crippen LogP contribution in [0, 0.1) is 18.3 Å². The minimum absolute atomic E-state index is 0.161. The van der Waals surface area contributed by atoms with Crippen molar-refractivity contribution in [1.29, 1.82) is 5.26 Å². The van der Waals surface area contributed by atoms with Gasteiger partial charge in [-0.15, -0.1) is 11.3 Å². The number of aromatic hydroxyl groups is 2. The molecule has 0 aliphatic rings. The molecule has 1 aromatic carbocycles. The van der Waals surface area contributed by atoms with Crippen molar-refractivity contribution in [1.82, 2.24) is 9.97 Å². The van der Waals surface area contributed by atoms with Crippen LogP contribution in [0.5, 0.6) is 11.5 Å². The summed E-state index contributed by atoms with van der Waals surface area (Å²) in [6.45, 7) is 1.92. The summed E-state index contributed by atoms with van der Waals surface area (Å²) in [6, 6.07) is 9.58. The zero-order valence-electron chi connectivity index (χ0n) is 14.2. The highest BCUT2D eigenvalue weighted by Gasteiger charge is 2.14. The predicted octanol–water partition coefficient (Wildman–Crippen LogP) is 3.47. The SMILES string of the molecule is Cc1cccnc1-c1csc(NC(=O)/C(C#N)=C/c2ccc(O)c(O)c2)n1. The maximum atomic E-state index is 12.3. The van der Waals surface area contributed by atoms with Crippen molar-refractivity contribution in [3.05, 3.63) is 58.6 Å². The molecule has 0 aliphatic heterocycles. The third kappa shape index (κ3) is 4.11. The van der Waals surface area contributed by atoms with Gasteiger partial charge in [-0.05, 0) is 42.3 Å². The molecule has 0 bridgehead atoms. The molecule has 2 aromatic heterocycles. The largest absolute Gasteiger partial charge is 0.504 e. The second kappa shape index (κ2) is 7.68.